The number of piperidine rings is 1. The van der Waals surface area contributed by atoms with Gasteiger partial charge in [-0.3, -0.25) is 14.7 Å². The molecule has 1 atom stereocenters. The van der Waals surface area contributed by atoms with Crippen molar-refractivity contribution in [3.8, 4) is 0 Å². The van der Waals surface area contributed by atoms with E-state index in [0.717, 1.165) is 24.3 Å². The molecule has 5 heterocycles. The predicted octanol–water partition coefficient (Wildman–Crippen LogP) is 2.93. The van der Waals surface area contributed by atoms with Crippen molar-refractivity contribution in [1.82, 2.24) is 24.2 Å². The van der Waals surface area contributed by atoms with Crippen molar-refractivity contribution >= 4 is 11.6 Å². The van der Waals surface area contributed by atoms with Crippen molar-refractivity contribution in [3.63, 3.8) is 0 Å². The highest BCUT2D eigenvalue weighted by atomic mass is 16.5. The highest BCUT2D eigenvalue weighted by molar-refractivity contribution is 5.94. The zero-order valence-electron chi connectivity index (χ0n) is 17.1. The molecule has 0 radical (unpaired) electrons. The van der Waals surface area contributed by atoms with E-state index in [2.05, 4.69) is 20.4 Å². The Morgan fingerprint density at radius 1 is 1.10 bits per heavy atom. The highest BCUT2D eigenvalue weighted by Gasteiger charge is 2.30. The first kappa shape index (κ1) is 19.2. The molecule has 2 aliphatic rings. The largest absolute Gasteiger partial charge is 0.378 e. The van der Waals surface area contributed by atoms with Crippen LogP contribution < -0.4 is 0 Å². The lowest BCUT2D eigenvalue weighted by Gasteiger charge is -2.36. The molecule has 0 bridgehead atoms. The zero-order valence-corrected chi connectivity index (χ0v) is 17.1. The Morgan fingerprint density at radius 3 is 2.83 bits per heavy atom. The molecule has 7 heteroatoms. The summed E-state index contributed by atoms with van der Waals surface area (Å²) < 4.78 is 7.50. The molecule has 7 nitrogen and oxygen atoms in total. The average Bonchev–Trinajstić information content (AvgIpc) is 3.18. The Bertz CT molecular complexity index is 1010. The zero-order chi connectivity index (χ0) is 20.3. The summed E-state index contributed by atoms with van der Waals surface area (Å²) in [5.41, 5.74) is 3.60. The van der Waals surface area contributed by atoms with Crippen LogP contribution in [0.15, 0.2) is 48.9 Å². The smallest absolute Gasteiger partial charge is 0.274 e. The highest BCUT2D eigenvalue weighted by Crippen LogP contribution is 2.32. The number of rotatable bonds is 4. The molecule has 3 aromatic heterocycles. The average molecular weight is 406 g/mol. The Hall–Kier alpha value is -2.77. The minimum absolute atomic E-state index is 0.00642. The maximum Gasteiger partial charge on any atom is 0.274 e. The third-order valence-electron chi connectivity index (χ3n) is 6.17. The molecule has 2 fully saturated rings. The van der Waals surface area contributed by atoms with E-state index >= 15 is 0 Å². The van der Waals surface area contributed by atoms with Gasteiger partial charge in [0.15, 0.2) is 5.69 Å². The number of nitrogens with zero attached hydrogens (tertiary/aromatic N) is 5. The molecular weight excluding hydrogens is 378 g/mol. The molecule has 156 valence electrons. The number of carbonyl (C=O) groups excluding carboxylic acids is 1. The number of pyridine rings is 2. The SMILES string of the molecule is O=C(c1nc2ccccn2c1CN1CCCC[C@H]1c1cccnc1)N1CCOCC1. The van der Waals surface area contributed by atoms with Crippen LogP contribution in [0.2, 0.25) is 0 Å². The van der Waals surface area contributed by atoms with Gasteiger partial charge >= 0.3 is 0 Å². The van der Waals surface area contributed by atoms with E-state index in [1.807, 2.05) is 47.8 Å². The van der Waals surface area contributed by atoms with E-state index in [1.165, 1.54) is 18.4 Å². The fraction of sp³-hybridized carbons (Fsp3) is 0.435. The van der Waals surface area contributed by atoms with E-state index in [9.17, 15) is 4.79 Å². The maximum atomic E-state index is 13.3. The predicted molar refractivity (Wildman–Crippen MR) is 113 cm³/mol. The molecule has 0 spiro atoms. The standard InChI is InChI=1S/C23H27N5O2/c29-23(26-12-14-30-15-13-26)22-20(28-11-4-2-8-21(28)25-22)17-27-10-3-1-7-19(27)18-6-5-9-24-16-18/h2,4-6,8-9,11,16,19H,1,3,7,10,12-15,17H2/t19-/m0/s1. The second-order valence-corrected chi connectivity index (χ2v) is 8.01. The minimum Gasteiger partial charge on any atom is -0.378 e. The Morgan fingerprint density at radius 2 is 2.00 bits per heavy atom. The lowest BCUT2D eigenvalue weighted by molar-refractivity contribution is 0.0297. The van der Waals surface area contributed by atoms with Crippen LogP contribution in [0.25, 0.3) is 5.65 Å². The van der Waals surface area contributed by atoms with E-state index in [0.29, 0.717) is 44.6 Å². The minimum atomic E-state index is 0.00642. The molecule has 2 saturated heterocycles. The number of aromatic nitrogens is 3. The molecule has 2 aliphatic heterocycles. The van der Waals surface area contributed by atoms with Gasteiger partial charge in [0, 0.05) is 44.3 Å². The second kappa shape index (κ2) is 8.53. The van der Waals surface area contributed by atoms with Gasteiger partial charge in [0.1, 0.15) is 5.65 Å². The maximum absolute atomic E-state index is 13.3. The van der Waals surface area contributed by atoms with Crippen LogP contribution in [0.3, 0.4) is 0 Å². The van der Waals surface area contributed by atoms with Gasteiger partial charge in [0.05, 0.1) is 18.9 Å². The van der Waals surface area contributed by atoms with Crippen molar-refractivity contribution in [1.29, 1.82) is 0 Å². The normalized spacial score (nSPS) is 20.5. The van der Waals surface area contributed by atoms with Crippen LogP contribution in [0, 0.1) is 0 Å². The van der Waals surface area contributed by atoms with Gasteiger partial charge in [-0.05, 0) is 43.1 Å². The van der Waals surface area contributed by atoms with Crippen LogP contribution in [-0.2, 0) is 11.3 Å². The fourth-order valence-electron chi connectivity index (χ4n) is 4.61. The van der Waals surface area contributed by atoms with E-state index in [-0.39, 0.29) is 5.91 Å². The number of likely N-dealkylation sites (tertiary alicyclic amines) is 1. The van der Waals surface area contributed by atoms with Gasteiger partial charge in [-0.1, -0.05) is 18.6 Å². The Labute approximate surface area is 176 Å². The number of hydrogen-bond donors (Lipinski definition) is 0. The summed E-state index contributed by atoms with van der Waals surface area (Å²) in [6, 6.07) is 10.4. The van der Waals surface area contributed by atoms with Crippen LogP contribution in [0.4, 0.5) is 0 Å². The first-order valence-electron chi connectivity index (χ1n) is 10.8. The quantitative estimate of drug-likeness (QED) is 0.668. The van der Waals surface area contributed by atoms with Gasteiger partial charge in [0.25, 0.3) is 5.91 Å². The number of ether oxygens (including phenoxy) is 1. The van der Waals surface area contributed by atoms with Crippen molar-refractivity contribution in [2.45, 2.75) is 31.8 Å². The summed E-state index contributed by atoms with van der Waals surface area (Å²) in [5, 5.41) is 0. The first-order valence-corrected chi connectivity index (χ1v) is 10.8. The summed E-state index contributed by atoms with van der Waals surface area (Å²) in [6.07, 6.45) is 9.28. The number of fused-ring (bicyclic) bond motifs is 1. The number of imidazole rings is 1. The molecule has 3 aromatic rings. The molecular formula is C23H27N5O2. The lowest BCUT2D eigenvalue weighted by atomic mass is 9.96. The molecule has 0 unspecified atom stereocenters. The molecule has 0 N–H and O–H groups in total. The molecule has 0 aliphatic carbocycles. The molecule has 5 rings (SSSR count). The molecule has 30 heavy (non-hydrogen) atoms. The van der Waals surface area contributed by atoms with Gasteiger partial charge in [-0.15, -0.1) is 0 Å². The monoisotopic (exact) mass is 405 g/mol. The summed E-state index contributed by atoms with van der Waals surface area (Å²) in [6.45, 7) is 4.11. The Kier molecular flexibility index (Phi) is 5.46. The summed E-state index contributed by atoms with van der Waals surface area (Å²) in [7, 11) is 0. The molecule has 1 amide bonds. The number of hydrogen-bond acceptors (Lipinski definition) is 5. The summed E-state index contributed by atoms with van der Waals surface area (Å²) in [4.78, 5) is 26.8. The van der Waals surface area contributed by atoms with E-state index < -0.39 is 0 Å². The van der Waals surface area contributed by atoms with Crippen molar-refractivity contribution in [2.24, 2.45) is 0 Å². The van der Waals surface area contributed by atoms with Crippen LogP contribution in [0.5, 0.6) is 0 Å². The van der Waals surface area contributed by atoms with Gasteiger partial charge in [-0.25, -0.2) is 4.98 Å². The van der Waals surface area contributed by atoms with Crippen molar-refractivity contribution < 1.29 is 9.53 Å². The number of morpholine rings is 1. The third kappa shape index (κ3) is 3.70. The lowest BCUT2D eigenvalue weighted by Crippen LogP contribution is -2.41. The van der Waals surface area contributed by atoms with Crippen LogP contribution in [0.1, 0.15) is 47.1 Å². The topological polar surface area (TPSA) is 63.0 Å². The van der Waals surface area contributed by atoms with E-state index in [1.54, 1.807) is 0 Å². The van der Waals surface area contributed by atoms with Crippen LogP contribution >= 0.6 is 0 Å². The third-order valence-corrected chi connectivity index (χ3v) is 6.17. The Balaban J connectivity index is 1.50. The molecule has 0 aromatic carbocycles. The summed E-state index contributed by atoms with van der Waals surface area (Å²) in [5.74, 6) is 0.00642. The van der Waals surface area contributed by atoms with Crippen molar-refractivity contribution in [3.05, 3.63) is 65.9 Å². The second-order valence-electron chi connectivity index (χ2n) is 8.01. The van der Waals surface area contributed by atoms with Gasteiger partial charge in [-0.2, -0.15) is 0 Å². The van der Waals surface area contributed by atoms with Gasteiger partial charge < -0.3 is 14.0 Å². The van der Waals surface area contributed by atoms with Crippen LogP contribution in [-0.4, -0.2) is 62.9 Å². The first-order chi connectivity index (χ1) is 14.8. The summed E-state index contributed by atoms with van der Waals surface area (Å²) >= 11 is 0. The molecule has 0 saturated carbocycles. The van der Waals surface area contributed by atoms with Gasteiger partial charge in [0.2, 0.25) is 0 Å². The number of amides is 1. The van der Waals surface area contributed by atoms with Crippen molar-refractivity contribution in [2.75, 3.05) is 32.8 Å². The van der Waals surface area contributed by atoms with E-state index in [4.69, 9.17) is 9.72 Å². The number of carbonyl (C=O) groups is 1. The fourth-order valence-corrected chi connectivity index (χ4v) is 4.61.